The fourth-order valence-electron chi connectivity index (χ4n) is 2.67. The van der Waals surface area contributed by atoms with Gasteiger partial charge in [-0.25, -0.2) is 9.69 Å². The predicted molar refractivity (Wildman–Crippen MR) is 103 cm³/mol. The number of methoxy groups -OCH3 is 1. The summed E-state index contributed by atoms with van der Waals surface area (Å²) in [4.78, 5) is 37.6. The van der Waals surface area contributed by atoms with Crippen LogP contribution < -0.4 is 15.4 Å². The zero-order chi connectivity index (χ0) is 20.3. The fraction of sp³-hybridized carbons (Fsp3) is 0.150. The molecule has 1 aliphatic heterocycles. The number of nitrogens with zero attached hydrogens (tertiary/aromatic N) is 1. The number of rotatable bonds is 5. The number of imide groups is 1. The van der Waals surface area contributed by atoms with Crippen molar-refractivity contribution in [1.82, 2.24) is 10.2 Å². The zero-order valence-corrected chi connectivity index (χ0v) is 15.4. The summed E-state index contributed by atoms with van der Waals surface area (Å²) in [6.45, 7) is 1.49. The number of para-hydroxylation sites is 1. The van der Waals surface area contributed by atoms with Gasteiger partial charge in [-0.2, -0.15) is 0 Å². The van der Waals surface area contributed by atoms with Gasteiger partial charge in [0.15, 0.2) is 11.5 Å². The van der Waals surface area contributed by atoms with Crippen LogP contribution in [0.1, 0.15) is 11.1 Å². The summed E-state index contributed by atoms with van der Waals surface area (Å²) in [5.41, 5.74) is 1.87. The smallest absolute Gasteiger partial charge is 0.329 e. The molecule has 0 radical (unpaired) electrons. The standard InChI is InChI=1S/C20H19N3O5/c1-12-6-8-14(9-7-12)21-17(24)11-23-19(26)15(22-20(23)27)10-13-4-3-5-16(28-2)18(13)25/h3-10,25H,11H2,1-2H3,(H,21,24)(H,22,27)/b15-10-. The molecule has 3 rings (SSSR count). The number of ether oxygens (including phenoxy) is 1. The van der Waals surface area contributed by atoms with Crippen molar-refractivity contribution in [3.05, 3.63) is 59.3 Å². The number of phenolic OH excluding ortho intramolecular Hbond substituents is 1. The molecule has 28 heavy (non-hydrogen) atoms. The molecule has 0 aliphatic carbocycles. The number of anilines is 1. The molecule has 2 aromatic carbocycles. The molecule has 0 atom stereocenters. The summed E-state index contributed by atoms with van der Waals surface area (Å²) in [5.74, 6) is -1.08. The number of carbonyl (C=O) groups is 3. The van der Waals surface area contributed by atoms with Crippen LogP contribution in [0.5, 0.6) is 11.5 Å². The SMILES string of the molecule is COc1cccc(/C=C2\NC(=O)N(CC(=O)Nc3ccc(C)cc3)C2=O)c1O. The molecular formula is C20H19N3O5. The van der Waals surface area contributed by atoms with Crippen molar-refractivity contribution in [2.45, 2.75) is 6.92 Å². The van der Waals surface area contributed by atoms with Crippen LogP contribution in [-0.2, 0) is 9.59 Å². The van der Waals surface area contributed by atoms with E-state index in [-0.39, 0.29) is 17.2 Å². The van der Waals surface area contributed by atoms with Crippen LogP contribution in [0.15, 0.2) is 48.2 Å². The third-order valence-corrected chi connectivity index (χ3v) is 4.15. The van der Waals surface area contributed by atoms with E-state index < -0.39 is 24.4 Å². The first kappa shape index (κ1) is 19.0. The molecule has 0 saturated carbocycles. The number of aromatic hydroxyl groups is 1. The Bertz CT molecular complexity index is 966. The van der Waals surface area contributed by atoms with Crippen molar-refractivity contribution in [1.29, 1.82) is 0 Å². The van der Waals surface area contributed by atoms with E-state index in [0.29, 0.717) is 11.3 Å². The Morgan fingerprint density at radius 3 is 2.61 bits per heavy atom. The lowest BCUT2D eigenvalue weighted by molar-refractivity contribution is -0.127. The summed E-state index contributed by atoms with van der Waals surface area (Å²) in [6, 6.07) is 11.2. The molecular weight excluding hydrogens is 362 g/mol. The Morgan fingerprint density at radius 2 is 1.93 bits per heavy atom. The molecule has 144 valence electrons. The highest BCUT2D eigenvalue weighted by atomic mass is 16.5. The highest BCUT2D eigenvalue weighted by Gasteiger charge is 2.35. The van der Waals surface area contributed by atoms with Gasteiger partial charge in [0, 0.05) is 11.3 Å². The van der Waals surface area contributed by atoms with Crippen LogP contribution in [-0.4, -0.2) is 41.5 Å². The number of urea groups is 1. The molecule has 1 fully saturated rings. The largest absolute Gasteiger partial charge is 0.504 e. The maximum atomic E-state index is 12.5. The first-order valence-electron chi connectivity index (χ1n) is 8.46. The first-order valence-corrected chi connectivity index (χ1v) is 8.46. The second-order valence-electron chi connectivity index (χ2n) is 6.19. The highest BCUT2D eigenvalue weighted by molar-refractivity contribution is 6.16. The Morgan fingerprint density at radius 1 is 1.21 bits per heavy atom. The van der Waals surface area contributed by atoms with Gasteiger partial charge in [-0.3, -0.25) is 9.59 Å². The van der Waals surface area contributed by atoms with Crippen molar-refractivity contribution in [3.8, 4) is 11.5 Å². The van der Waals surface area contributed by atoms with Crippen molar-refractivity contribution in [2.75, 3.05) is 19.0 Å². The van der Waals surface area contributed by atoms with Gasteiger partial charge in [0.05, 0.1) is 7.11 Å². The van der Waals surface area contributed by atoms with Crippen molar-refractivity contribution in [3.63, 3.8) is 0 Å². The molecule has 8 nitrogen and oxygen atoms in total. The first-order chi connectivity index (χ1) is 13.4. The average molecular weight is 381 g/mol. The Hall–Kier alpha value is -3.81. The summed E-state index contributed by atoms with van der Waals surface area (Å²) in [6.07, 6.45) is 1.33. The van der Waals surface area contributed by atoms with Gasteiger partial charge >= 0.3 is 6.03 Å². The second kappa shape index (κ2) is 7.83. The van der Waals surface area contributed by atoms with E-state index in [1.54, 1.807) is 30.3 Å². The average Bonchev–Trinajstić information content (AvgIpc) is 2.93. The molecule has 0 spiro atoms. The highest BCUT2D eigenvalue weighted by Crippen LogP contribution is 2.31. The van der Waals surface area contributed by atoms with E-state index in [0.717, 1.165) is 10.5 Å². The van der Waals surface area contributed by atoms with Crippen LogP contribution in [0.2, 0.25) is 0 Å². The molecule has 0 aromatic heterocycles. The summed E-state index contributed by atoms with van der Waals surface area (Å²) >= 11 is 0. The summed E-state index contributed by atoms with van der Waals surface area (Å²) in [7, 11) is 1.41. The predicted octanol–water partition coefficient (Wildman–Crippen LogP) is 2.24. The molecule has 3 N–H and O–H groups in total. The normalized spacial score (nSPS) is 14.9. The Labute approximate surface area is 161 Å². The molecule has 1 heterocycles. The molecule has 4 amide bonds. The molecule has 0 bridgehead atoms. The molecule has 1 saturated heterocycles. The van der Waals surface area contributed by atoms with Crippen LogP contribution in [0, 0.1) is 6.92 Å². The van der Waals surface area contributed by atoms with Gasteiger partial charge in [-0.15, -0.1) is 0 Å². The maximum Gasteiger partial charge on any atom is 0.329 e. The van der Waals surface area contributed by atoms with Crippen LogP contribution in [0.4, 0.5) is 10.5 Å². The number of amides is 4. The van der Waals surface area contributed by atoms with Gasteiger partial charge in [-0.1, -0.05) is 29.8 Å². The van der Waals surface area contributed by atoms with Gasteiger partial charge in [0.25, 0.3) is 5.91 Å². The number of nitrogens with one attached hydrogen (secondary N) is 2. The van der Waals surface area contributed by atoms with Crippen LogP contribution in [0.25, 0.3) is 6.08 Å². The number of hydrogen-bond acceptors (Lipinski definition) is 5. The minimum atomic E-state index is -0.710. The zero-order valence-electron chi connectivity index (χ0n) is 15.4. The van der Waals surface area contributed by atoms with E-state index in [1.165, 1.54) is 13.2 Å². The number of benzene rings is 2. The topological polar surface area (TPSA) is 108 Å². The van der Waals surface area contributed by atoms with Crippen molar-refractivity contribution < 1.29 is 24.2 Å². The lowest BCUT2D eigenvalue weighted by atomic mass is 10.1. The van der Waals surface area contributed by atoms with E-state index >= 15 is 0 Å². The number of hydrogen-bond donors (Lipinski definition) is 3. The lowest BCUT2D eigenvalue weighted by Crippen LogP contribution is -2.38. The minimum absolute atomic E-state index is 0.0447. The Kier molecular flexibility index (Phi) is 5.30. The van der Waals surface area contributed by atoms with E-state index in [1.807, 2.05) is 19.1 Å². The number of phenols is 1. The van der Waals surface area contributed by atoms with Crippen LogP contribution in [0.3, 0.4) is 0 Å². The second-order valence-corrected chi connectivity index (χ2v) is 6.19. The maximum absolute atomic E-state index is 12.5. The summed E-state index contributed by atoms with van der Waals surface area (Å²) < 4.78 is 5.02. The van der Waals surface area contributed by atoms with Gasteiger partial charge in [-0.05, 0) is 31.2 Å². The van der Waals surface area contributed by atoms with Gasteiger partial charge in [0.2, 0.25) is 5.91 Å². The molecule has 8 heteroatoms. The monoisotopic (exact) mass is 381 g/mol. The van der Waals surface area contributed by atoms with Gasteiger partial charge in [0.1, 0.15) is 12.2 Å². The number of aryl methyl sites for hydroxylation is 1. The van der Waals surface area contributed by atoms with Crippen LogP contribution >= 0.6 is 0 Å². The molecule has 1 aliphatic rings. The van der Waals surface area contributed by atoms with Gasteiger partial charge < -0.3 is 20.5 Å². The van der Waals surface area contributed by atoms with E-state index in [4.69, 9.17) is 4.74 Å². The molecule has 2 aromatic rings. The summed E-state index contributed by atoms with van der Waals surface area (Å²) in [5, 5.41) is 15.2. The van der Waals surface area contributed by atoms with Crippen molar-refractivity contribution in [2.24, 2.45) is 0 Å². The number of carbonyl (C=O) groups excluding carboxylic acids is 3. The third kappa shape index (κ3) is 3.96. The minimum Gasteiger partial charge on any atom is -0.504 e. The lowest BCUT2D eigenvalue weighted by Gasteiger charge is -2.12. The van der Waals surface area contributed by atoms with E-state index in [2.05, 4.69) is 10.6 Å². The van der Waals surface area contributed by atoms with Crippen molar-refractivity contribution >= 4 is 29.6 Å². The molecule has 0 unspecified atom stereocenters. The quantitative estimate of drug-likeness (QED) is 0.544. The van der Waals surface area contributed by atoms with E-state index in [9.17, 15) is 19.5 Å². The fourth-order valence-corrected chi connectivity index (χ4v) is 2.67. The Balaban J connectivity index is 1.73. The third-order valence-electron chi connectivity index (χ3n) is 4.15.